The molecule has 0 saturated heterocycles. The van der Waals surface area contributed by atoms with Crippen molar-refractivity contribution in [2.75, 3.05) is 12.3 Å². The summed E-state index contributed by atoms with van der Waals surface area (Å²) < 4.78 is 6.26. The van der Waals surface area contributed by atoms with E-state index in [0.29, 0.717) is 0 Å². The number of ether oxygens (including phenoxy) is 1. The molecule has 23 heavy (non-hydrogen) atoms. The van der Waals surface area contributed by atoms with Gasteiger partial charge in [-0.1, -0.05) is 12.8 Å². The van der Waals surface area contributed by atoms with Gasteiger partial charge in [0.2, 0.25) is 0 Å². The highest BCUT2D eigenvalue weighted by Gasteiger charge is 2.24. The number of nitrogens with two attached hydrogens (primary N) is 1. The van der Waals surface area contributed by atoms with Gasteiger partial charge in [0.05, 0.1) is 6.61 Å². The lowest BCUT2D eigenvalue weighted by molar-refractivity contribution is 0.0522. The van der Waals surface area contributed by atoms with Gasteiger partial charge in [-0.2, -0.15) is 0 Å². The number of aromatic nitrogens is 4. The van der Waals surface area contributed by atoms with Crippen LogP contribution in [0.5, 0.6) is 0 Å². The van der Waals surface area contributed by atoms with E-state index in [-0.39, 0.29) is 41.4 Å². The maximum Gasteiger partial charge on any atom is 0.360 e. The van der Waals surface area contributed by atoms with Gasteiger partial charge in [-0.25, -0.2) is 9.78 Å². The first kappa shape index (κ1) is 15.2. The van der Waals surface area contributed by atoms with E-state index in [4.69, 9.17) is 10.5 Å². The van der Waals surface area contributed by atoms with Crippen molar-refractivity contribution in [2.45, 2.75) is 38.6 Å². The smallest absolute Gasteiger partial charge is 0.360 e. The number of fused-ring (bicyclic) bond motifs is 1. The Hall–Kier alpha value is -2.71. The molecule has 0 aliphatic heterocycles. The van der Waals surface area contributed by atoms with Crippen molar-refractivity contribution in [3.63, 3.8) is 0 Å². The standard InChI is InChI=1S/C14H18N6O3/c1-2-23-14(22)10-12-19-18-9(11(15)20(12)7-16-10)13(21)17-8-5-3-4-6-8/h7-8H,2-6,15H2,1H3,(H,17,21). The molecule has 122 valence electrons. The van der Waals surface area contributed by atoms with E-state index in [0.717, 1.165) is 25.7 Å². The van der Waals surface area contributed by atoms with Crippen molar-refractivity contribution >= 4 is 23.3 Å². The van der Waals surface area contributed by atoms with Crippen LogP contribution in [0.4, 0.5) is 5.82 Å². The maximum atomic E-state index is 12.3. The number of hydrogen-bond donors (Lipinski definition) is 2. The van der Waals surface area contributed by atoms with E-state index in [1.807, 2.05) is 0 Å². The second-order valence-electron chi connectivity index (χ2n) is 5.40. The van der Waals surface area contributed by atoms with Gasteiger partial charge >= 0.3 is 5.97 Å². The summed E-state index contributed by atoms with van der Waals surface area (Å²) in [5.74, 6) is -0.879. The molecule has 9 nitrogen and oxygen atoms in total. The van der Waals surface area contributed by atoms with Crippen molar-refractivity contribution in [2.24, 2.45) is 0 Å². The predicted molar refractivity (Wildman–Crippen MR) is 80.9 cm³/mol. The number of carbonyl (C=O) groups is 2. The number of esters is 1. The normalized spacial score (nSPS) is 15.0. The molecule has 2 aromatic rings. The zero-order valence-corrected chi connectivity index (χ0v) is 12.8. The van der Waals surface area contributed by atoms with Crippen molar-refractivity contribution < 1.29 is 14.3 Å². The number of rotatable bonds is 4. The van der Waals surface area contributed by atoms with E-state index in [1.165, 1.54) is 10.7 Å². The Kier molecular flexibility index (Phi) is 4.09. The molecule has 2 aromatic heterocycles. The van der Waals surface area contributed by atoms with Gasteiger partial charge in [0.25, 0.3) is 5.91 Å². The summed E-state index contributed by atoms with van der Waals surface area (Å²) in [6.45, 7) is 1.92. The fraction of sp³-hybridized carbons (Fsp3) is 0.500. The highest BCUT2D eigenvalue weighted by Crippen LogP contribution is 2.19. The number of hydrogen-bond acceptors (Lipinski definition) is 7. The quantitative estimate of drug-likeness (QED) is 0.789. The summed E-state index contributed by atoms with van der Waals surface area (Å²) >= 11 is 0. The molecular formula is C14H18N6O3. The molecule has 1 aliphatic rings. The third-order valence-corrected chi connectivity index (χ3v) is 3.86. The minimum Gasteiger partial charge on any atom is -0.461 e. The Morgan fingerprint density at radius 1 is 1.35 bits per heavy atom. The molecule has 0 bridgehead atoms. The van der Waals surface area contributed by atoms with Gasteiger partial charge in [0, 0.05) is 6.04 Å². The summed E-state index contributed by atoms with van der Waals surface area (Å²) in [7, 11) is 0. The predicted octanol–water partition coefficient (Wildman–Crippen LogP) is 0.556. The van der Waals surface area contributed by atoms with Crippen LogP contribution < -0.4 is 11.1 Å². The zero-order valence-electron chi connectivity index (χ0n) is 12.8. The third-order valence-electron chi connectivity index (χ3n) is 3.86. The van der Waals surface area contributed by atoms with Crippen LogP contribution in [0.15, 0.2) is 6.33 Å². The molecule has 2 heterocycles. The minimum absolute atomic E-state index is 0.0220. The van der Waals surface area contributed by atoms with Crippen LogP contribution in [-0.2, 0) is 4.74 Å². The van der Waals surface area contributed by atoms with Crippen LogP contribution in [0.3, 0.4) is 0 Å². The highest BCUT2D eigenvalue weighted by molar-refractivity contribution is 5.98. The number of nitrogen functional groups attached to an aromatic ring is 1. The Morgan fingerprint density at radius 3 is 2.78 bits per heavy atom. The van der Waals surface area contributed by atoms with Crippen LogP contribution in [0.25, 0.3) is 5.65 Å². The van der Waals surface area contributed by atoms with Gasteiger partial charge in [-0.05, 0) is 19.8 Å². The van der Waals surface area contributed by atoms with Crippen LogP contribution in [0, 0.1) is 0 Å². The first-order valence-electron chi connectivity index (χ1n) is 7.59. The fourth-order valence-electron chi connectivity index (χ4n) is 2.71. The van der Waals surface area contributed by atoms with E-state index in [2.05, 4.69) is 20.5 Å². The topological polar surface area (TPSA) is 124 Å². The molecule has 0 aromatic carbocycles. The summed E-state index contributed by atoms with van der Waals surface area (Å²) in [5, 5.41) is 10.7. The number of nitrogens with zero attached hydrogens (tertiary/aromatic N) is 4. The molecule has 3 N–H and O–H groups in total. The number of imidazole rings is 1. The van der Waals surface area contributed by atoms with Crippen LogP contribution in [0.2, 0.25) is 0 Å². The molecule has 9 heteroatoms. The van der Waals surface area contributed by atoms with Crippen molar-refractivity contribution in [1.82, 2.24) is 24.9 Å². The van der Waals surface area contributed by atoms with Gasteiger partial charge < -0.3 is 15.8 Å². The Balaban J connectivity index is 1.90. The van der Waals surface area contributed by atoms with Gasteiger partial charge in [0.1, 0.15) is 12.1 Å². The monoisotopic (exact) mass is 318 g/mol. The van der Waals surface area contributed by atoms with Crippen molar-refractivity contribution in [3.8, 4) is 0 Å². The maximum absolute atomic E-state index is 12.3. The molecule has 3 rings (SSSR count). The van der Waals surface area contributed by atoms with Gasteiger partial charge in [0.15, 0.2) is 17.0 Å². The third kappa shape index (κ3) is 2.81. The van der Waals surface area contributed by atoms with Crippen LogP contribution in [0.1, 0.15) is 53.6 Å². The van der Waals surface area contributed by atoms with Crippen LogP contribution in [-0.4, -0.2) is 44.1 Å². The molecule has 0 unspecified atom stereocenters. The molecule has 0 atom stereocenters. The van der Waals surface area contributed by atoms with E-state index < -0.39 is 5.97 Å². The Morgan fingerprint density at radius 2 is 2.09 bits per heavy atom. The summed E-state index contributed by atoms with van der Waals surface area (Å²) in [6.07, 6.45) is 5.46. The molecule has 1 aliphatic carbocycles. The lowest BCUT2D eigenvalue weighted by atomic mass is 10.2. The highest BCUT2D eigenvalue weighted by atomic mass is 16.5. The molecule has 0 radical (unpaired) electrons. The lowest BCUT2D eigenvalue weighted by Crippen LogP contribution is -2.34. The van der Waals surface area contributed by atoms with Gasteiger partial charge in [-0.3, -0.25) is 9.20 Å². The lowest BCUT2D eigenvalue weighted by Gasteiger charge is -2.12. The number of anilines is 1. The van der Waals surface area contributed by atoms with E-state index >= 15 is 0 Å². The number of nitrogens with one attached hydrogen (secondary N) is 1. The average Bonchev–Trinajstić information content (AvgIpc) is 3.17. The molecule has 1 saturated carbocycles. The van der Waals surface area contributed by atoms with Gasteiger partial charge in [-0.15, -0.1) is 10.2 Å². The minimum atomic E-state index is -0.605. The molecular weight excluding hydrogens is 300 g/mol. The molecule has 1 fully saturated rings. The Bertz CT molecular complexity index is 750. The fourth-order valence-corrected chi connectivity index (χ4v) is 2.71. The van der Waals surface area contributed by atoms with Crippen molar-refractivity contribution in [1.29, 1.82) is 0 Å². The zero-order chi connectivity index (χ0) is 16.4. The average molecular weight is 318 g/mol. The van der Waals surface area contributed by atoms with E-state index in [9.17, 15) is 9.59 Å². The SMILES string of the molecule is CCOC(=O)c1ncn2c(N)c(C(=O)NC3CCCC3)nnc12. The summed E-state index contributed by atoms with van der Waals surface area (Å²) in [5.41, 5.74) is 6.20. The molecule has 0 spiro atoms. The molecule has 1 amide bonds. The summed E-state index contributed by atoms with van der Waals surface area (Å²) in [4.78, 5) is 28.0. The first-order valence-corrected chi connectivity index (χ1v) is 7.59. The van der Waals surface area contributed by atoms with E-state index in [1.54, 1.807) is 6.92 Å². The number of amides is 1. The Labute approximate surface area is 132 Å². The second kappa shape index (κ2) is 6.19. The number of carbonyl (C=O) groups excluding carboxylic acids is 2. The van der Waals surface area contributed by atoms with Crippen LogP contribution >= 0.6 is 0 Å². The van der Waals surface area contributed by atoms with Crippen molar-refractivity contribution in [3.05, 3.63) is 17.7 Å². The first-order chi connectivity index (χ1) is 11.1. The largest absolute Gasteiger partial charge is 0.461 e. The second-order valence-corrected chi connectivity index (χ2v) is 5.40. The summed E-state index contributed by atoms with van der Waals surface area (Å²) in [6, 6.07) is 0.150.